The Kier molecular flexibility index (Phi) is 6.82. The van der Waals surface area contributed by atoms with Gasteiger partial charge in [-0.3, -0.25) is 4.79 Å². The quantitative estimate of drug-likeness (QED) is 0.538. The minimum atomic E-state index is -3.30. The number of aromatic nitrogens is 1. The summed E-state index contributed by atoms with van der Waals surface area (Å²) in [7, 11) is -1.70. The van der Waals surface area contributed by atoms with Gasteiger partial charge in [-0.25, -0.2) is 8.42 Å². The van der Waals surface area contributed by atoms with Gasteiger partial charge < -0.3 is 19.1 Å². The number of hydrogen-bond acceptors (Lipinski definition) is 6. The van der Waals surface area contributed by atoms with Crippen molar-refractivity contribution in [3.8, 4) is 22.7 Å². The highest BCUT2D eigenvalue weighted by atomic mass is 32.2. The lowest BCUT2D eigenvalue weighted by Crippen LogP contribution is -2.11. The molecule has 3 rings (SSSR count). The fourth-order valence-electron chi connectivity index (χ4n) is 3.35. The molecule has 1 aromatic heterocycles. The molecule has 0 aliphatic carbocycles. The summed E-state index contributed by atoms with van der Waals surface area (Å²) in [5, 5.41) is 8.87. The molecular weight excluding hydrogens is 418 g/mol. The number of esters is 1. The Balaban J connectivity index is 2.09. The number of benzene rings is 2. The van der Waals surface area contributed by atoms with Gasteiger partial charge in [0.2, 0.25) is 0 Å². The van der Waals surface area contributed by atoms with E-state index in [9.17, 15) is 13.2 Å². The second-order valence-electron chi connectivity index (χ2n) is 7.09. The summed E-state index contributed by atoms with van der Waals surface area (Å²) in [5.74, 6) is 0.295. The van der Waals surface area contributed by atoms with Crippen LogP contribution in [0.5, 0.6) is 5.75 Å². The van der Waals surface area contributed by atoms with Gasteiger partial charge in [-0.15, -0.1) is 0 Å². The van der Waals surface area contributed by atoms with Crippen LogP contribution >= 0.6 is 0 Å². The molecule has 0 fully saturated rings. The first-order valence-electron chi connectivity index (χ1n) is 9.67. The minimum absolute atomic E-state index is 0.0448. The summed E-state index contributed by atoms with van der Waals surface area (Å²) < 4.78 is 35.9. The Morgan fingerprint density at radius 1 is 1.06 bits per heavy atom. The number of aliphatic hydroxyl groups excluding tert-OH is 1. The van der Waals surface area contributed by atoms with Crippen LogP contribution in [-0.4, -0.2) is 50.6 Å². The van der Waals surface area contributed by atoms with Crippen molar-refractivity contribution in [3.63, 3.8) is 0 Å². The number of sulfone groups is 1. The van der Waals surface area contributed by atoms with Crippen molar-refractivity contribution in [2.24, 2.45) is 0 Å². The van der Waals surface area contributed by atoms with Gasteiger partial charge in [-0.05, 0) is 60.5 Å². The Labute approximate surface area is 181 Å². The van der Waals surface area contributed by atoms with Crippen molar-refractivity contribution in [1.29, 1.82) is 0 Å². The summed E-state index contributed by atoms with van der Waals surface area (Å²) in [5.41, 5.74) is 4.12. The lowest BCUT2D eigenvalue weighted by Gasteiger charge is -2.13. The third-order valence-electron chi connectivity index (χ3n) is 4.95. The number of hydrogen-bond donors (Lipinski definition) is 1. The summed E-state index contributed by atoms with van der Waals surface area (Å²) in [6, 6.07) is 16.1. The second-order valence-corrected chi connectivity index (χ2v) is 9.11. The third-order valence-corrected chi connectivity index (χ3v) is 6.08. The van der Waals surface area contributed by atoms with E-state index in [2.05, 4.69) is 0 Å². The lowest BCUT2D eigenvalue weighted by molar-refractivity contribution is -0.143. The third kappa shape index (κ3) is 5.15. The van der Waals surface area contributed by atoms with Crippen LogP contribution in [0.25, 0.3) is 16.9 Å². The second kappa shape index (κ2) is 9.36. The molecule has 8 heteroatoms. The molecule has 0 saturated carbocycles. The van der Waals surface area contributed by atoms with Gasteiger partial charge in [0.15, 0.2) is 9.84 Å². The minimum Gasteiger partial charge on any atom is -0.497 e. The van der Waals surface area contributed by atoms with Gasteiger partial charge in [0, 0.05) is 17.6 Å². The van der Waals surface area contributed by atoms with Crippen LogP contribution in [0.4, 0.5) is 0 Å². The first kappa shape index (κ1) is 22.6. The zero-order valence-corrected chi connectivity index (χ0v) is 18.5. The number of aliphatic hydroxyl groups is 1. The maximum absolute atomic E-state index is 12.1. The normalized spacial score (nSPS) is 11.4. The van der Waals surface area contributed by atoms with Crippen molar-refractivity contribution in [1.82, 2.24) is 4.57 Å². The number of rotatable bonds is 8. The summed E-state index contributed by atoms with van der Waals surface area (Å²) in [6.07, 6.45) is 1.23. The van der Waals surface area contributed by atoms with E-state index in [1.54, 1.807) is 31.4 Å². The van der Waals surface area contributed by atoms with Crippen molar-refractivity contribution < 1.29 is 27.8 Å². The van der Waals surface area contributed by atoms with Gasteiger partial charge in [0.05, 0.1) is 30.7 Å². The highest BCUT2D eigenvalue weighted by molar-refractivity contribution is 7.90. The van der Waals surface area contributed by atoms with Crippen molar-refractivity contribution in [2.75, 3.05) is 26.6 Å². The van der Waals surface area contributed by atoms with E-state index in [0.717, 1.165) is 34.0 Å². The van der Waals surface area contributed by atoms with E-state index in [1.807, 2.05) is 41.8 Å². The topological polar surface area (TPSA) is 94.8 Å². The molecule has 164 valence electrons. The summed E-state index contributed by atoms with van der Waals surface area (Å²) in [4.78, 5) is 12.4. The molecule has 0 atom stereocenters. The van der Waals surface area contributed by atoms with Crippen LogP contribution in [0.2, 0.25) is 0 Å². The highest BCUT2D eigenvalue weighted by Crippen LogP contribution is 2.31. The molecule has 3 aromatic rings. The highest BCUT2D eigenvalue weighted by Gasteiger charge is 2.18. The van der Waals surface area contributed by atoms with E-state index in [0.29, 0.717) is 0 Å². The zero-order valence-electron chi connectivity index (χ0n) is 17.7. The van der Waals surface area contributed by atoms with Crippen LogP contribution in [0.1, 0.15) is 11.3 Å². The molecule has 0 aliphatic heterocycles. The first-order chi connectivity index (χ1) is 14.7. The molecule has 0 amide bonds. The van der Waals surface area contributed by atoms with Crippen LogP contribution in [-0.2, 0) is 25.8 Å². The molecule has 2 aromatic carbocycles. The summed E-state index contributed by atoms with van der Waals surface area (Å²) in [6.45, 7) is 1.64. The van der Waals surface area contributed by atoms with Crippen molar-refractivity contribution in [3.05, 3.63) is 65.9 Å². The number of methoxy groups -OCH3 is 1. The van der Waals surface area contributed by atoms with E-state index >= 15 is 0 Å². The van der Waals surface area contributed by atoms with Gasteiger partial charge in [-0.1, -0.05) is 12.1 Å². The standard InChI is InChI=1S/C23H25NO6S/c1-16-18(15-23(26)30-13-12-25)14-22(17-4-10-21(11-5-17)31(3,27)28)24(16)19-6-8-20(29-2)9-7-19/h4-11,14,25H,12-13,15H2,1-3H3. The number of nitrogens with zero attached hydrogens (tertiary/aromatic N) is 1. The molecule has 0 spiro atoms. The summed E-state index contributed by atoms with van der Waals surface area (Å²) >= 11 is 0. The smallest absolute Gasteiger partial charge is 0.310 e. The first-order valence-corrected chi connectivity index (χ1v) is 11.6. The average molecular weight is 444 g/mol. The number of carbonyl (C=O) groups excluding carboxylic acids is 1. The maximum atomic E-state index is 12.1. The fraction of sp³-hybridized carbons (Fsp3) is 0.261. The van der Waals surface area contributed by atoms with E-state index in [1.165, 1.54) is 6.26 Å². The molecule has 0 aliphatic rings. The molecular formula is C23H25NO6S. The van der Waals surface area contributed by atoms with E-state index in [4.69, 9.17) is 14.6 Å². The average Bonchev–Trinajstić information content (AvgIpc) is 3.07. The fourth-order valence-corrected chi connectivity index (χ4v) is 3.98. The predicted molar refractivity (Wildman–Crippen MR) is 117 cm³/mol. The van der Waals surface area contributed by atoms with Gasteiger partial charge in [0.25, 0.3) is 0 Å². The molecule has 0 unspecified atom stereocenters. The maximum Gasteiger partial charge on any atom is 0.310 e. The number of carbonyl (C=O) groups is 1. The lowest BCUT2D eigenvalue weighted by atomic mass is 10.1. The number of ether oxygens (including phenoxy) is 2. The SMILES string of the molecule is COc1ccc(-n2c(-c3ccc(S(C)(=O)=O)cc3)cc(CC(=O)OCCO)c2C)cc1. The largest absolute Gasteiger partial charge is 0.497 e. The van der Waals surface area contributed by atoms with Gasteiger partial charge in [-0.2, -0.15) is 0 Å². The Morgan fingerprint density at radius 2 is 1.71 bits per heavy atom. The molecule has 0 radical (unpaired) electrons. The Morgan fingerprint density at radius 3 is 2.26 bits per heavy atom. The monoisotopic (exact) mass is 443 g/mol. The van der Waals surface area contributed by atoms with Crippen LogP contribution in [0.15, 0.2) is 59.5 Å². The molecule has 1 heterocycles. The van der Waals surface area contributed by atoms with Crippen molar-refractivity contribution >= 4 is 15.8 Å². The zero-order chi connectivity index (χ0) is 22.6. The molecule has 0 saturated heterocycles. The van der Waals surface area contributed by atoms with Crippen LogP contribution in [0, 0.1) is 6.92 Å². The predicted octanol–water partition coefficient (Wildman–Crippen LogP) is 2.94. The van der Waals surface area contributed by atoms with E-state index in [-0.39, 0.29) is 24.5 Å². The Hall–Kier alpha value is -3.10. The molecule has 31 heavy (non-hydrogen) atoms. The van der Waals surface area contributed by atoms with Crippen LogP contribution in [0.3, 0.4) is 0 Å². The molecule has 0 bridgehead atoms. The van der Waals surface area contributed by atoms with Gasteiger partial charge in [0.1, 0.15) is 12.4 Å². The molecule has 7 nitrogen and oxygen atoms in total. The molecule has 1 N–H and O–H groups in total. The van der Waals surface area contributed by atoms with Crippen molar-refractivity contribution in [2.45, 2.75) is 18.2 Å². The Bertz CT molecular complexity index is 1160. The van der Waals surface area contributed by atoms with Crippen LogP contribution < -0.4 is 4.74 Å². The van der Waals surface area contributed by atoms with Gasteiger partial charge >= 0.3 is 5.97 Å². The van der Waals surface area contributed by atoms with E-state index < -0.39 is 15.8 Å².